The van der Waals surface area contributed by atoms with Crippen LogP contribution in [0.2, 0.25) is 5.02 Å². The van der Waals surface area contributed by atoms with Crippen LogP contribution in [0.4, 0.5) is 5.69 Å². The number of aromatic nitrogens is 3. The number of hydrogen-bond acceptors (Lipinski definition) is 6. The number of carbonyl (C=O) groups is 1. The lowest BCUT2D eigenvalue weighted by molar-refractivity contribution is -0.113. The Morgan fingerprint density at radius 3 is 2.84 bits per heavy atom. The van der Waals surface area contributed by atoms with E-state index < -0.39 is 0 Å². The van der Waals surface area contributed by atoms with Gasteiger partial charge in [0.2, 0.25) is 5.91 Å². The number of nitrogens with zero attached hydrogens (tertiary/aromatic N) is 4. The molecule has 31 heavy (non-hydrogen) atoms. The van der Waals surface area contributed by atoms with Crippen LogP contribution in [-0.4, -0.2) is 26.4 Å². The molecule has 1 aliphatic carbocycles. The minimum absolute atomic E-state index is 0.149. The molecule has 1 aromatic carbocycles. The summed E-state index contributed by atoms with van der Waals surface area (Å²) in [6, 6.07) is 11.4. The van der Waals surface area contributed by atoms with Gasteiger partial charge in [-0.05, 0) is 42.5 Å². The highest BCUT2D eigenvalue weighted by Gasteiger charge is 2.23. The smallest absolute Gasteiger partial charge is 0.234 e. The molecular formula is C22H22ClN5OS2. The van der Waals surface area contributed by atoms with E-state index in [-0.39, 0.29) is 11.7 Å². The van der Waals surface area contributed by atoms with Crippen LogP contribution in [0.25, 0.3) is 0 Å². The van der Waals surface area contributed by atoms with Crippen molar-refractivity contribution in [3.8, 4) is 6.07 Å². The van der Waals surface area contributed by atoms with Gasteiger partial charge in [0.1, 0.15) is 11.9 Å². The zero-order valence-corrected chi connectivity index (χ0v) is 19.3. The summed E-state index contributed by atoms with van der Waals surface area (Å²) in [6.45, 7) is 0. The van der Waals surface area contributed by atoms with Gasteiger partial charge in [-0.25, -0.2) is 0 Å². The molecule has 3 aromatic rings. The summed E-state index contributed by atoms with van der Waals surface area (Å²) in [6.07, 6.45) is 6.71. The molecule has 0 spiro atoms. The number of hydrogen-bond donors (Lipinski definition) is 1. The van der Waals surface area contributed by atoms with E-state index >= 15 is 0 Å². The van der Waals surface area contributed by atoms with Gasteiger partial charge in [0, 0.05) is 23.0 Å². The van der Waals surface area contributed by atoms with E-state index in [1.54, 1.807) is 29.5 Å². The van der Waals surface area contributed by atoms with Gasteiger partial charge >= 0.3 is 0 Å². The lowest BCUT2D eigenvalue weighted by Crippen LogP contribution is -2.18. The monoisotopic (exact) mass is 471 g/mol. The minimum Gasteiger partial charge on any atom is -0.325 e. The molecule has 1 fully saturated rings. The van der Waals surface area contributed by atoms with Gasteiger partial charge in [-0.3, -0.25) is 4.79 Å². The third-order valence-corrected chi connectivity index (χ3v) is 7.43. The lowest BCUT2D eigenvalue weighted by Gasteiger charge is -2.25. The number of carbonyl (C=O) groups excluding carboxylic acids is 1. The van der Waals surface area contributed by atoms with Gasteiger partial charge in [0.15, 0.2) is 5.16 Å². The molecule has 0 radical (unpaired) electrons. The quantitative estimate of drug-likeness (QED) is 0.447. The zero-order valence-electron chi connectivity index (χ0n) is 16.9. The molecule has 1 aliphatic rings. The van der Waals surface area contributed by atoms with Crippen LogP contribution >= 0.6 is 34.7 Å². The molecule has 1 N–H and O–H groups in total. The van der Waals surface area contributed by atoms with Gasteiger partial charge < -0.3 is 9.88 Å². The van der Waals surface area contributed by atoms with Gasteiger partial charge in [0.05, 0.1) is 16.3 Å². The van der Waals surface area contributed by atoms with Crippen LogP contribution < -0.4 is 5.32 Å². The third kappa shape index (κ3) is 5.48. The Balaban J connectivity index is 1.46. The minimum atomic E-state index is -0.149. The molecule has 2 aromatic heterocycles. The van der Waals surface area contributed by atoms with E-state index in [4.69, 9.17) is 16.9 Å². The summed E-state index contributed by atoms with van der Waals surface area (Å²) in [7, 11) is 0. The van der Waals surface area contributed by atoms with E-state index in [0.29, 0.717) is 22.3 Å². The summed E-state index contributed by atoms with van der Waals surface area (Å²) in [5.41, 5.74) is 0.953. The molecule has 2 heterocycles. The first-order valence-corrected chi connectivity index (χ1v) is 12.5. The first kappa shape index (κ1) is 21.9. The molecule has 4 rings (SSSR count). The summed E-state index contributed by atoms with van der Waals surface area (Å²) >= 11 is 9.19. The number of nitriles is 1. The predicted octanol–water partition coefficient (Wildman–Crippen LogP) is 5.69. The summed E-state index contributed by atoms with van der Waals surface area (Å²) in [5.74, 6) is 1.04. The number of halogens is 1. The predicted molar refractivity (Wildman–Crippen MR) is 125 cm³/mol. The molecule has 160 valence electrons. The number of anilines is 1. The van der Waals surface area contributed by atoms with Gasteiger partial charge in [-0.1, -0.05) is 48.7 Å². The molecule has 0 atom stereocenters. The first-order chi connectivity index (χ1) is 15.1. The normalized spacial score (nSPS) is 14.3. The Hall–Kier alpha value is -2.34. The zero-order chi connectivity index (χ0) is 21.6. The van der Waals surface area contributed by atoms with Gasteiger partial charge in [0.25, 0.3) is 0 Å². The van der Waals surface area contributed by atoms with Crippen LogP contribution in [0.15, 0.2) is 40.9 Å². The second-order valence-corrected chi connectivity index (χ2v) is 9.84. The average Bonchev–Trinajstić information content (AvgIpc) is 3.43. The molecule has 1 saturated carbocycles. The van der Waals surface area contributed by atoms with Crippen LogP contribution in [0.5, 0.6) is 0 Å². The number of amides is 1. The number of thioether (sulfide) groups is 1. The van der Waals surface area contributed by atoms with Crippen molar-refractivity contribution in [2.75, 3.05) is 11.1 Å². The summed E-state index contributed by atoms with van der Waals surface area (Å²) in [5, 5.41) is 23.9. The molecule has 6 nitrogen and oxygen atoms in total. The Kier molecular flexibility index (Phi) is 7.28. The van der Waals surface area contributed by atoms with Crippen molar-refractivity contribution in [1.29, 1.82) is 5.26 Å². The second kappa shape index (κ2) is 10.3. The maximum absolute atomic E-state index is 12.5. The number of rotatable bonds is 7. The van der Waals surface area contributed by atoms with E-state index in [1.807, 2.05) is 6.07 Å². The SMILES string of the molecule is N#Cc1ccc(NC(=O)CSc2nnc(Cc3cccs3)n2C2CCCCC2)cc1Cl. The van der Waals surface area contributed by atoms with Crippen molar-refractivity contribution in [3.05, 3.63) is 57.0 Å². The standard InChI is InChI=1S/C22H22ClN5OS2/c23-19-11-16(9-8-15(19)13-24)25-21(29)14-31-22-27-26-20(12-18-7-4-10-30-18)28(22)17-5-2-1-3-6-17/h4,7-11,17H,1-3,5-6,12,14H2,(H,25,29). The highest BCUT2D eigenvalue weighted by molar-refractivity contribution is 7.99. The van der Waals surface area contributed by atoms with Crippen molar-refractivity contribution in [2.45, 2.75) is 49.7 Å². The van der Waals surface area contributed by atoms with Crippen molar-refractivity contribution in [1.82, 2.24) is 14.8 Å². The Labute approximate surface area is 194 Å². The molecule has 0 unspecified atom stereocenters. The summed E-state index contributed by atoms with van der Waals surface area (Å²) in [4.78, 5) is 13.8. The largest absolute Gasteiger partial charge is 0.325 e. The van der Waals surface area contributed by atoms with Crippen molar-refractivity contribution in [2.24, 2.45) is 0 Å². The van der Waals surface area contributed by atoms with E-state index in [9.17, 15) is 4.79 Å². The molecule has 0 bridgehead atoms. The van der Waals surface area contributed by atoms with E-state index in [2.05, 4.69) is 37.6 Å². The Morgan fingerprint density at radius 1 is 1.29 bits per heavy atom. The van der Waals surface area contributed by atoms with Crippen LogP contribution in [0.3, 0.4) is 0 Å². The number of nitrogens with one attached hydrogen (secondary N) is 1. The van der Waals surface area contributed by atoms with Crippen molar-refractivity contribution in [3.63, 3.8) is 0 Å². The molecular weight excluding hydrogens is 450 g/mol. The van der Waals surface area contributed by atoms with E-state index in [0.717, 1.165) is 30.2 Å². The molecule has 0 saturated heterocycles. The number of benzene rings is 1. The first-order valence-electron chi connectivity index (χ1n) is 10.2. The van der Waals surface area contributed by atoms with Crippen LogP contribution in [0.1, 0.15) is 54.4 Å². The van der Waals surface area contributed by atoms with Crippen LogP contribution in [0, 0.1) is 11.3 Å². The Morgan fingerprint density at radius 2 is 2.13 bits per heavy atom. The van der Waals surface area contributed by atoms with E-state index in [1.165, 1.54) is 35.9 Å². The van der Waals surface area contributed by atoms with Crippen molar-refractivity contribution < 1.29 is 4.79 Å². The maximum atomic E-state index is 12.5. The Bertz CT molecular complexity index is 1080. The molecule has 9 heteroatoms. The fraction of sp³-hybridized carbons (Fsp3) is 0.364. The molecule has 1 amide bonds. The van der Waals surface area contributed by atoms with Gasteiger partial charge in [-0.15, -0.1) is 21.5 Å². The van der Waals surface area contributed by atoms with Crippen molar-refractivity contribution >= 4 is 46.3 Å². The third-order valence-electron chi connectivity index (χ3n) is 5.29. The topological polar surface area (TPSA) is 83.6 Å². The van der Waals surface area contributed by atoms with Gasteiger partial charge in [-0.2, -0.15) is 5.26 Å². The summed E-state index contributed by atoms with van der Waals surface area (Å²) < 4.78 is 2.26. The fourth-order valence-corrected chi connectivity index (χ4v) is 5.56. The highest BCUT2D eigenvalue weighted by Crippen LogP contribution is 2.33. The highest BCUT2D eigenvalue weighted by atomic mass is 35.5. The molecule has 0 aliphatic heterocycles. The maximum Gasteiger partial charge on any atom is 0.234 e. The fourth-order valence-electron chi connectivity index (χ4n) is 3.81. The second-order valence-electron chi connectivity index (χ2n) is 7.46. The average molecular weight is 472 g/mol. The number of thiophene rings is 1. The lowest BCUT2D eigenvalue weighted by atomic mass is 9.95. The van der Waals surface area contributed by atoms with Crippen LogP contribution in [-0.2, 0) is 11.2 Å².